The lowest BCUT2D eigenvalue weighted by atomic mass is 10.1. The van der Waals surface area contributed by atoms with Crippen molar-refractivity contribution in [2.75, 3.05) is 20.1 Å². The summed E-state index contributed by atoms with van der Waals surface area (Å²) >= 11 is 0. The lowest BCUT2D eigenvalue weighted by Gasteiger charge is -2.29. The van der Waals surface area contributed by atoms with Crippen molar-refractivity contribution in [1.29, 1.82) is 0 Å². The summed E-state index contributed by atoms with van der Waals surface area (Å²) < 4.78 is 11.4. The first kappa shape index (κ1) is 24.7. The molecule has 3 aromatic carbocycles. The first-order valence-corrected chi connectivity index (χ1v) is 12.5. The predicted molar refractivity (Wildman–Crippen MR) is 142 cm³/mol. The SMILES string of the molecule is CN(Cc1ccc(C(=O)O)cc1)CC1CCCN1Cc1ccc(Oc2ccc(-c3ncco3)cc2)cc1. The molecule has 7 nitrogen and oxygen atoms in total. The van der Waals surface area contributed by atoms with Crippen molar-refractivity contribution in [1.82, 2.24) is 14.8 Å². The molecule has 1 unspecified atom stereocenters. The molecule has 4 aromatic rings. The molecule has 37 heavy (non-hydrogen) atoms. The molecule has 1 aromatic heterocycles. The average Bonchev–Trinajstić information content (AvgIpc) is 3.59. The Morgan fingerprint density at radius 3 is 2.35 bits per heavy atom. The number of hydrogen-bond donors (Lipinski definition) is 1. The van der Waals surface area contributed by atoms with Crippen molar-refractivity contribution < 1.29 is 19.1 Å². The molecule has 190 valence electrons. The van der Waals surface area contributed by atoms with Crippen LogP contribution in [0.1, 0.15) is 34.3 Å². The van der Waals surface area contributed by atoms with Crippen LogP contribution < -0.4 is 4.74 Å². The Kier molecular flexibility index (Phi) is 7.63. The Hall–Kier alpha value is -3.94. The molecule has 7 heteroatoms. The average molecular weight is 498 g/mol. The van der Waals surface area contributed by atoms with E-state index in [2.05, 4.69) is 34.0 Å². The van der Waals surface area contributed by atoms with E-state index < -0.39 is 5.97 Å². The van der Waals surface area contributed by atoms with Gasteiger partial charge in [0.15, 0.2) is 0 Å². The topological polar surface area (TPSA) is 79.0 Å². The van der Waals surface area contributed by atoms with E-state index in [-0.39, 0.29) is 0 Å². The molecule has 0 spiro atoms. The summed E-state index contributed by atoms with van der Waals surface area (Å²) in [5.74, 6) is 1.28. The van der Waals surface area contributed by atoms with Gasteiger partial charge in [0.1, 0.15) is 17.8 Å². The van der Waals surface area contributed by atoms with Gasteiger partial charge >= 0.3 is 5.97 Å². The van der Waals surface area contributed by atoms with Gasteiger partial charge in [-0.3, -0.25) is 4.90 Å². The van der Waals surface area contributed by atoms with Crippen LogP contribution in [0.15, 0.2) is 89.7 Å². The van der Waals surface area contributed by atoms with Gasteiger partial charge in [-0.1, -0.05) is 24.3 Å². The van der Waals surface area contributed by atoms with Gasteiger partial charge in [-0.2, -0.15) is 0 Å². The van der Waals surface area contributed by atoms with Crippen LogP contribution in [-0.2, 0) is 13.1 Å². The van der Waals surface area contributed by atoms with Gasteiger partial charge in [0.2, 0.25) is 5.89 Å². The van der Waals surface area contributed by atoms with Crippen LogP contribution in [0.4, 0.5) is 0 Å². The number of likely N-dealkylation sites (tertiary alicyclic amines) is 1. The van der Waals surface area contributed by atoms with Crippen molar-refractivity contribution >= 4 is 5.97 Å². The molecule has 1 aliphatic rings. The minimum absolute atomic E-state index is 0.324. The summed E-state index contributed by atoms with van der Waals surface area (Å²) in [6.07, 6.45) is 5.59. The molecule has 1 fully saturated rings. The van der Waals surface area contributed by atoms with Crippen LogP contribution in [0.5, 0.6) is 11.5 Å². The fourth-order valence-electron chi connectivity index (χ4n) is 4.86. The van der Waals surface area contributed by atoms with Gasteiger partial charge in [-0.15, -0.1) is 0 Å². The number of nitrogens with zero attached hydrogens (tertiary/aromatic N) is 3. The Bertz CT molecular complexity index is 1290. The number of aromatic carboxylic acids is 1. The molecule has 0 aliphatic carbocycles. The number of aromatic nitrogens is 1. The number of likely N-dealkylation sites (N-methyl/N-ethyl adjacent to an activating group) is 1. The molecule has 1 saturated heterocycles. The summed E-state index contributed by atoms with van der Waals surface area (Å²) in [7, 11) is 2.13. The fraction of sp³-hybridized carbons (Fsp3) is 0.267. The van der Waals surface area contributed by atoms with Crippen molar-refractivity contribution in [3.05, 3.63) is 102 Å². The number of hydrogen-bond acceptors (Lipinski definition) is 6. The van der Waals surface area contributed by atoms with E-state index >= 15 is 0 Å². The maximum Gasteiger partial charge on any atom is 0.335 e. The zero-order valence-electron chi connectivity index (χ0n) is 20.9. The molecular formula is C30H31N3O4. The molecule has 0 bridgehead atoms. The van der Waals surface area contributed by atoms with Crippen molar-refractivity contribution in [2.45, 2.75) is 32.0 Å². The molecular weight excluding hydrogens is 466 g/mol. The highest BCUT2D eigenvalue weighted by Crippen LogP contribution is 2.27. The van der Waals surface area contributed by atoms with Gasteiger partial charge in [0, 0.05) is 31.2 Å². The van der Waals surface area contributed by atoms with Gasteiger partial charge in [-0.05, 0) is 86.1 Å². The number of ether oxygens (including phenoxy) is 1. The largest absolute Gasteiger partial charge is 0.478 e. The third kappa shape index (κ3) is 6.44. The van der Waals surface area contributed by atoms with Crippen LogP contribution in [0, 0.1) is 0 Å². The van der Waals surface area contributed by atoms with Gasteiger partial charge in [0.05, 0.1) is 11.8 Å². The van der Waals surface area contributed by atoms with E-state index in [0.717, 1.165) is 48.8 Å². The summed E-state index contributed by atoms with van der Waals surface area (Å²) in [6, 6.07) is 23.7. The fourth-order valence-corrected chi connectivity index (χ4v) is 4.86. The second kappa shape index (κ2) is 11.4. The molecule has 0 saturated carbocycles. The molecule has 1 N–H and O–H groups in total. The summed E-state index contributed by atoms with van der Waals surface area (Å²) in [6.45, 7) is 3.79. The zero-order chi connectivity index (χ0) is 25.6. The Morgan fingerprint density at radius 2 is 1.70 bits per heavy atom. The lowest BCUT2D eigenvalue weighted by Crippen LogP contribution is -2.38. The molecule has 1 atom stereocenters. The van der Waals surface area contributed by atoms with Crippen LogP contribution in [-0.4, -0.2) is 52.0 Å². The smallest absolute Gasteiger partial charge is 0.335 e. The van der Waals surface area contributed by atoms with E-state index in [0.29, 0.717) is 17.5 Å². The molecule has 0 radical (unpaired) electrons. The number of rotatable bonds is 10. The highest BCUT2D eigenvalue weighted by atomic mass is 16.5. The van der Waals surface area contributed by atoms with Crippen LogP contribution >= 0.6 is 0 Å². The van der Waals surface area contributed by atoms with E-state index in [1.807, 2.05) is 48.5 Å². The summed E-state index contributed by atoms with van der Waals surface area (Å²) in [5, 5.41) is 9.09. The Labute approximate surface area is 216 Å². The number of carboxylic acids is 1. The first-order chi connectivity index (χ1) is 18.0. The van der Waals surface area contributed by atoms with Gasteiger partial charge < -0.3 is 19.2 Å². The monoisotopic (exact) mass is 497 g/mol. The van der Waals surface area contributed by atoms with E-state index in [4.69, 9.17) is 14.3 Å². The van der Waals surface area contributed by atoms with Crippen molar-refractivity contribution in [3.63, 3.8) is 0 Å². The maximum absolute atomic E-state index is 11.1. The predicted octanol–water partition coefficient (Wildman–Crippen LogP) is 5.93. The summed E-state index contributed by atoms with van der Waals surface area (Å²) in [4.78, 5) is 20.1. The molecule has 0 amide bonds. The highest BCUT2D eigenvalue weighted by molar-refractivity contribution is 5.87. The molecule has 5 rings (SSSR count). The van der Waals surface area contributed by atoms with Gasteiger partial charge in [0.25, 0.3) is 0 Å². The number of oxazole rings is 1. The lowest BCUT2D eigenvalue weighted by molar-refractivity contribution is 0.0697. The third-order valence-corrected chi connectivity index (χ3v) is 6.75. The second-order valence-corrected chi connectivity index (χ2v) is 9.57. The quantitative estimate of drug-likeness (QED) is 0.291. The van der Waals surface area contributed by atoms with Gasteiger partial charge in [-0.25, -0.2) is 9.78 Å². The standard InChI is InChI=1S/C30H31N3O4/c1-32(19-22-4-8-25(9-5-22)30(34)35)21-26-3-2-17-33(26)20-23-6-12-27(13-7-23)37-28-14-10-24(11-15-28)29-31-16-18-36-29/h4-16,18,26H,2-3,17,19-21H2,1H3,(H,34,35). The number of benzene rings is 3. The van der Waals surface area contributed by atoms with Crippen molar-refractivity contribution in [2.24, 2.45) is 0 Å². The second-order valence-electron chi connectivity index (χ2n) is 9.57. The molecule has 2 heterocycles. The minimum atomic E-state index is -0.890. The van der Waals surface area contributed by atoms with Crippen LogP contribution in [0.25, 0.3) is 11.5 Å². The summed E-state index contributed by atoms with van der Waals surface area (Å²) in [5.41, 5.74) is 3.63. The normalized spacial score (nSPS) is 15.8. The molecule has 1 aliphatic heterocycles. The Balaban J connectivity index is 1.13. The van der Waals surface area contributed by atoms with E-state index in [9.17, 15) is 4.79 Å². The maximum atomic E-state index is 11.1. The minimum Gasteiger partial charge on any atom is -0.478 e. The highest BCUT2D eigenvalue weighted by Gasteiger charge is 2.25. The van der Waals surface area contributed by atoms with E-state index in [1.54, 1.807) is 24.6 Å². The van der Waals surface area contributed by atoms with E-state index in [1.165, 1.54) is 18.4 Å². The third-order valence-electron chi connectivity index (χ3n) is 6.75. The first-order valence-electron chi connectivity index (χ1n) is 12.5. The van der Waals surface area contributed by atoms with Crippen molar-refractivity contribution in [3.8, 4) is 23.0 Å². The van der Waals surface area contributed by atoms with Crippen LogP contribution in [0.2, 0.25) is 0 Å². The Morgan fingerprint density at radius 1 is 1.03 bits per heavy atom. The zero-order valence-corrected chi connectivity index (χ0v) is 20.9. The van der Waals surface area contributed by atoms with Crippen LogP contribution in [0.3, 0.4) is 0 Å². The number of carbonyl (C=O) groups is 1. The number of carboxylic acid groups (broad SMARTS) is 1.